The van der Waals surface area contributed by atoms with Crippen LogP contribution in [0.1, 0.15) is 19.8 Å². The van der Waals surface area contributed by atoms with Crippen molar-refractivity contribution in [2.24, 2.45) is 17.6 Å². The molecule has 0 aromatic carbocycles. The molecule has 1 aliphatic rings. The van der Waals surface area contributed by atoms with E-state index in [1.807, 2.05) is 0 Å². The predicted octanol–water partition coefficient (Wildman–Crippen LogP) is 0.933. The number of halogens is 1. The average Bonchev–Trinajstić information content (AvgIpc) is 2.71. The number of ether oxygens (including phenoxy) is 1. The number of nitrogens with two attached hydrogens (primary N) is 1. The Morgan fingerprint density at radius 3 is 2.54 bits per heavy atom. The van der Waals surface area contributed by atoms with Gasteiger partial charge in [0.2, 0.25) is 0 Å². The molecule has 0 aromatic heterocycles. The van der Waals surface area contributed by atoms with Crippen molar-refractivity contribution in [1.82, 2.24) is 0 Å². The average molecular weight is 207 g/mol. The summed E-state index contributed by atoms with van der Waals surface area (Å²) in [4.78, 5) is 11.2. The third-order valence-electron chi connectivity index (χ3n) is 1.97. The van der Waals surface area contributed by atoms with Crippen LogP contribution in [0.2, 0.25) is 0 Å². The highest BCUT2D eigenvalue weighted by molar-refractivity contribution is 5.99. The van der Waals surface area contributed by atoms with Gasteiger partial charge >= 0.3 is 5.97 Å². The van der Waals surface area contributed by atoms with Gasteiger partial charge < -0.3 is 10.5 Å². The van der Waals surface area contributed by atoms with E-state index in [1.54, 1.807) is 6.92 Å². The van der Waals surface area contributed by atoms with Crippen LogP contribution in [0.5, 0.6) is 0 Å². The fourth-order valence-corrected chi connectivity index (χ4v) is 1.23. The van der Waals surface area contributed by atoms with Gasteiger partial charge in [0.15, 0.2) is 0 Å². The molecule has 1 fully saturated rings. The van der Waals surface area contributed by atoms with E-state index in [2.05, 4.69) is 0 Å². The summed E-state index contributed by atoms with van der Waals surface area (Å²) in [5.41, 5.74) is 5.29. The van der Waals surface area contributed by atoms with E-state index < -0.39 is 5.92 Å². The van der Waals surface area contributed by atoms with Gasteiger partial charge in [-0.1, -0.05) is 0 Å². The highest BCUT2D eigenvalue weighted by Crippen LogP contribution is 2.37. The number of hydrogen-bond acceptors (Lipinski definition) is 3. The zero-order valence-electron chi connectivity index (χ0n) is 7.58. The fourth-order valence-electron chi connectivity index (χ4n) is 1.23. The molecule has 0 aromatic rings. The van der Waals surface area contributed by atoms with Crippen LogP contribution >= 0.6 is 12.4 Å². The normalized spacial score (nSPS) is 17.0. The zero-order chi connectivity index (χ0) is 9.14. The second-order valence-corrected chi connectivity index (χ2v) is 3.02. The first-order chi connectivity index (χ1) is 5.66. The van der Waals surface area contributed by atoms with Gasteiger partial charge in [0.25, 0.3) is 0 Å². The Bertz CT molecular complexity index is 204. The molecule has 0 bridgehead atoms. The standard InChI is InChI=1S/C8H14N2O2.ClH/c1-2-12-8(11)6(7(9)10)5-3-4-5;/h5-6H,2-4H2,1H3,(H3,9,10);1H. The molecular formula is C8H15ClN2O2. The van der Waals surface area contributed by atoms with E-state index in [0.29, 0.717) is 6.61 Å². The first kappa shape index (κ1) is 12.2. The maximum absolute atomic E-state index is 11.2. The number of esters is 1. The number of rotatable bonds is 4. The van der Waals surface area contributed by atoms with Crippen LogP contribution in [-0.2, 0) is 9.53 Å². The molecule has 0 aliphatic heterocycles. The number of hydrogen-bond donors (Lipinski definition) is 2. The molecule has 4 nitrogen and oxygen atoms in total. The summed E-state index contributed by atoms with van der Waals surface area (Å²) in [5.74, 6) is -0.616. The Labute approximate surface area is 83.7 Å². The molecule has 1 saturated carbocycles. The predicted molar refractivity (Wildman–Crippen MR) is 52.0 cm³/mol. The Hall–Kier alpha value is -0.770. The molecule has 0 saturated heterocycles. The minimum atomic E-state index is -0.482. The Kier molecular flexibility index (Phi) is 4.77. The van der Waals surface area contributed by atoms with E-state index in [9.17, 15) is 4.79 Å². The third kappa shape index (κ3) is 3.22. The van der Waals surface area contributed by atoms with Crippen LogP contribution < -0.4 is 5.73 Å². The molecule has 1 atom stereocenters. The topological polar surface area (TPSA) is 76.2 Å². The monoisotopic (exact) mass is 206 g/mol. The summed E-state index contributed by atoms with van der Waals surface area (Å²) >= 11 is 0. The van der Waals surface area contributed by atoms with E-state index in [-0.39, 0.29) is 30.1 Å². The van der Waals surface area contributed by atoms with Crippen LogP contribution in [0.15, 0.2) is 0 Å². The molecule has 76 valence electrons. The van der Waals surface area contributed by atoms with Crippen molar-refractivity contribution in [2.45, 2.75) is 19.8 Å². The minimum absolute atomic E-state index is 0. The van der Waals surface area contributed by atoms with Gasteiger partial charge in [0, 0.05) is 0 Å². The van der Waals surface area contributed by atoms with E-state index in [4.69, 9.17) is 15.9 Å². The second-order valence-electron chi connectivity index (χ2n) is 3.02. The molecule has 0 amide bonds. The molecule has 0 radical (unpaired) electrons. The highest BCUT2D eigenvalue weighted by atomic mass is 35.5. The summed E-state index contributed by atoms with van der Waals surface area (Å²) in [5, 5.41) is 7.21. The zero-order valence-corrected chi connectivity index (χ0v) is 8.39. The van der Waals surface area contributed by atoms with Gasteiger partial charge in [0.1, 0.15) is 11.8 Å². The molecule has 1 aliphatic carbocycles. The van der Waals surface area contributed by atoms with Crippen LogP contribution in [-0.4, -0.2) is 18.4 Å². The smallest absolute Gasteiger partial charge is 0.316 e. The van der Waals surface area contributed by atoms with Crippen LogP contribution in [0, 0.1) is 17.2 Å². The first-order valence-electron chi connectivity index (χ1n) is 4.17. The number of nitrogens with one attached hydrogen (secondary N) is 1. The molecule has 3 N–H and O–H groups in total. The maximum atomic E-state index is 11.2. The van der Waals surface area contributed by atoms with E-state index in [1.165, 1.54) is 0 Å². The first-order valence-corrected chi connectivity index (χ1v) is 4.17. The lowest BCUT2D eigenvalue weighted by atomic mass is 10.0. The van der Waals surface area contributed by atoms with E-state index in [0.717, 1.165) is 12.8 Å². The second kappa shape index (κ2) is 5.07. The molecule has 13 heavy (non-hydrogen) atoms. The van der Waals surface area contributed by atoms with Gasteiger partial charge in [-0.25, -0.2) is 0 Å². The molecule has 1 rings (SSSR count). The van der Waals surface area contributed by atoms with E-state index >= 15 is 0 Å². The van der Waals surface area contributed by atoms with Crippen molar-refractivity contribution in [1.29, 1.82) is 5.41 Å². The number of carbonyl (C=O) groups excluding carboxylic acids is 1. The molecule has 0 heterocycles. The lowest BCUT2D eigenvalue weighted by Crippen LogP contribution is -2.32. The summed E-state index contributed by atoms with van der Waals surface area (Å²) in [6.45, 7) is 2.11. The van der Waals surface area contributed by atoms with Gasteiger partial charge in [-0.15, -0.1) is 12.4 Å². The third-order valence-corrected chi connectivity index (χ3v) is 1.97. The molecule has 5 heteroatoms. The van der Waals surface area contributed by atoms with Crippen LogP contribution in [0.25, 0.3) is 0 Å². The van der Waals surface area contributed by atoms with Crippen molar-refractivity contribution in [3.63, 3.8) is 0 Å². The van der Waals surface area contributed by atoms with Gasteiger partial charge in [-0.05, 0) is 25.7 Å². The van der Waals surface area contributed by atoms with Crippen molar-refractivity contribution in [2.75, 3.05) is 6.61 Å². The van der Waals surface area contributed by atoms with Gasteiger partial charge in [-0.2, -0.15) is 0 Å². The lowest BCUT2D eigenvalue weighted by molar-refractivity contribution is -0.146. The number of carbonyl (C=O) groups is 1. The van der Waals surface area contributed by atoms with Crippen LogP contribution in [0.4, 0.5) is 0 Å². The Morgan fingerprint density at radius 1 is 1.69 bits per heavy atom. The summed E-state index contributed by atoms with van der Waals surface area (Å²) < 4.78 is 4.81. The van der Waals surface area contributed by atoms with Crippen LogP contribution in [0.3, 0.4) is 0 Å². The Morgan fingerprint density at radius 2 is 2.23 bits per heavy atom. The SMILES string of the molecule is CCOC(=O)C(C(=N)N)C1CC1.Cl. The van der Waals surface area contributed by atoms with Gasteiger partial charge in [-0.3, -0.25) is 10.2 Å². The highest BCUT2D eigenvalue weighted by Gasteiger charge is 2.39. The minimum Gasteiger partial charge on any atom is -0.465 e. The summed E-state index contributed by atoms with van der Waals surface area (Å²) in [6.07, 6.45) is 1.98. The fraction of sp³-hybridized carbons (Fsp3) is 0.750. The van der Waals surface area contributed by atoms with Gasteiger partial charge in [0.05, 0.1) is 6.61 Å². The Balaban J connectivity index is 0.00000144. The maximum Gasteiger partial charge on any atom is 0.316 e. The van der Waals surface area contributed by atoms with Crippen molar-refractivity contribution >= 4 is 24.2 Å². The molecule has 0 spiro atoms. The summed E-state index contributed by atoms with van der Waals surface area (Å²) in [7, 11) is 0. The quantitative estimate of drug-likeness (QED) is 0.408. The van der Waals surface area contributed by atoms with Crippen molar-refractivity contribution in [3.8, 4) is 0 Å². The lowest BCUT2D eigenvalue weighted by Gasteiger charge is -2.12. The molecule has 1 unspecified atom stereocenters. The summed E-state index contributed by atoms with van der Waals surface area (Å²) in [6, 6.07) is 0. The van der Waals surface area contributed by atoms with Crippen molar-refractivity contribution < 1.29 is 9.53 Å². The largest absolute Gasteiger partial charge is 0.465 e. The number of amidine groups is 1. The molecular weight excluding hydrogens is 192 g/mol. The van der Waals surface area contributed by atoms with Crippen molar-refractivity contribution in [3.05, 3.63) is 0 Å².